The minimum atomic E-state index is -0.189. The number of carbonyl (C=O) groups is 1. The van der Waals surface area contributed by atoms with Crippen molar-refractivity contribution < 1.29 is 4.79 Å². The summed E-state index contributed by atoms with van der Waals surface area (Å²) in [5, 5.41) is 7.44. The molecule has 2 aromatic heterocycles. The summed E-state index contributed by atoms with van der Waals surface area (Å²) in [6.07, 6.45) is 4.03. The molecule has 7 nitrogen and oxygen atoms in total. The first-order valence-corrected chi connectivity index (χ1v) is 9.48. The van der Waals surface area contributed by atoms with E-state index in [4.69, 9.17) is 0 Å². The van der Waals surface area contributed by atoms with Crippen LogP contribution < -0.4 is 10.9 Å². The molecule has 0 atom stereocenters. The smallest absolute Gasteiger partial charge is 0.264 e. The Morgan fingerprint density at radius 3 is 2.86 bits per heavy atom. The lowest BCUT2D eigenvalue weighted by Crippen LogP contribution is -2.23. The van der Waals surface area contributed by atoms with Crippen LogP contribution in [0.5, 0.6) is 0 Å². The molecule has 1 amide bonds. The molecular weight excluding hydrogens is 366 g/mol. The third kappa shape index (κ3) is 3.00. The maximum atomic E-state index is 12.5. The summed E-state index contributed by atoms with van der Waals surface area (Å²) in [4.78, 5) is 29.2. The number of hydrogen-bond acceptors (Lipinski definition) is 4. The van der Waals surface area contributed by atoms with Crippen molar-refractivity contribution in [3.05, 3.63) is 76.5 Å². The first-order valence-electron chi connectivity index (χ1n) is 9.48. The lowest BCUT2D eigenvalue weighted by molar-refractivity contribution is -0.116. The molecule has 0 saturated carbocycles. The molecule has 2 heterocycles. The van der Waals surface area contributed by atoms with E-state index in [2.05, 4.69) is 33.6 Å². The number of aromatic nitrogens is 4. The monoisotopic (exact) mass is 385 g/mol. The summed E-state index contributed by atoms with van der Waals surface area (Å²) >= 11 is 0. The van der Waals surface area contributed by atoms with Crippen LogP contribution in [0, 0.1) is 0 Å². The predicted octanol–water partition coefficient (Wildman–Crippen LogP) is 2.73. The van der Waals surface area contributed by atoms with E-state index < -0.39 is 0 Å². The Kier molecular flexibility index (Phi) is 4.01. The van der Waals surface area contributed by atoms with Gasteiger partial charge in [0.2, 0.25) is 5.91 Å². The molecule has 1 aliphatic rings. The van der Waals surface area contributed by atoms with Gasteiger partial charge in [-0.1, -0.05) is 30.3 Å². The van der Waals surface area contributed by atoms with Crippen LogP contribution >= 0.6 is 0 Å². The molecule has 29 heavy (non-hydrogen) atoms. The maximum absolute atomic E-state index is 12.5. The molecule has 0 bridgehead atoms. The van der Waals surface area contributed by atoms with Crippen LogP contribution in [-0.4, -0.2) is 25.2 Å². The Hall–Kier alpha value is -3.74. The molecule has 5 rings (SSSR count). The van der Waals surface area contributed by atoms with E-state index in [1.54, 1.807) is 11.7 Å². The molecule has 0 radical (unpaired) electrons. The highest BCUT2D eigenvalue weighted by atomic mass is 16.2. The van der Waals surface area contributed by atoms with Crippen LogP contribution in [0.3, 0.4) is 0 Å². The SMILES string of the molecule is Cn1ncc2c(=O)n(CCC(=O)Nc3ccc4c(c3)Cc3ccccc3-4)cnc21. The van der Waals surface area contributed by atoms with Crippen molar-refractivity contribution in [2.75, 3.05) is 5.32 Å². The number of fused-ring (bicyclic) bond motifs is 4. The summed E-state index contributed by atoms with van der Waals surface area (Å²) in [7, 11) is 1.74. The fourth-order valence-electron chi connectivity index (χ4n) is 3.89. The zero-order valence-electron chi connectivity index (χ0n) is 15.9. The van der Waals surface area contributed by atoms with Gasteiger partial charge in [-0.3, -0.25) is 18.8 Å². The van der Waals surface area contributed by atoms with Gasteiger partial charge in [0.05, 0.1) is 12.5 Å². The number of nitrogens with one attached hydrogen (secondary N) is 1. The van der Waals surface area contributed by atoms with E-state index in [0.29, 0.717) is 11.0 Å². The zero-order chi connectivity index (χ0) is 20.0. The number of hydrogen-bond donors (Lipinski definition) is 1. The van der Waals surface area contributed by atoms with Gasteiger partial charge in [-0.05, 0) is 40.8 Å². The van der Waals surface area contributed by atoms with E-state index >= 15 is 0 Å². The highest BCUT2D eigenvalue weighted by Gasteiger charge is 2.18. The third-order valence-electron chi connectivity index (χ3n) is 5.38. The Morgan fingerprint density at radius 2 is 1.97 bits per heavy atom. The first kappa shape index (κ1) is 17.4. The molecule has 1 N–H and O–H groups in total. The van der Waals surface area contributed by atoms with E-state index in [9.17, 15) is 9.59 Å². The molecule has 144 valence electrons. The van der Waals surface area contributed by atoms with Crippen LogP contribution in [0.15, 0.2) is 59.8 Å². The number of aryl methyl sites for hydroxylation is 2. The Labute approximate surface area is 166 Å². The molecular formula is C22H19N5O2. The van der Waals surface area contributed by atoms with Gasteiger partial charge in [0.25, 0.3) is 5.56 Å². The van der Waals surface area contributed by atoms with Crippen LogP contribution in [0.4, 0.5) is 5.69 Å². The largest absolute Gasteiger partial charge is 0.326 e. The molecule has 1 aliphatic carbocycles. The van der Waals surface area contributed by atoms with Gasteiger partial charge < -0.3 is 5.32 Å². The third-order valence-corrected chi connectivity index (χ3v) is 5.38. The molecule has 7 heteroatoms. The quantitative estimate of drug-likeness (QED) is 0.516. The fourth-order valence-corrected chi connectivity index (χ4v) is 3.89. The van der Waals surface area contributed by atoms with E-state index in [0.717, 1.165) is 12.1 Å². The lowest BCUT2D eigenvalue weighted by Gasteiger charge is -2.09. The number of rotatable bonds is 4. The van der Waals surface area contributed by atoms with Crippen molar-refractivity contribution in [1.82, 2.24) is 19.3 Å². The van der Waals surface area contributed by atoms with Crippen molar-refractivity contribution >= 4 is 22.6 Å². The summed E-state index contributed by atoms with van der Waals surface area (Å²) in [6.45, 7) is 0.263. The highest BCUT2D eigenvalue weighted by molar-refractivity contribution is 5.91. The normalized spacial score (nSPS) is 12.0. The maximum Gasteiger partial charge on any atom is 0.264 e. The summed E-state index contributed by atoms with van der Waals surface area (Å²) in [5.41, 5.74) is 6.13. The Bertz CT molecular complexity index is 1320. The van der Waals surface area contributed by atoms with Crippen LogP contribution in [0.2, 0.25) is 0 Å². The zero-order valence-corrected chi connectivity index (χ0v) is 15.9. The topological polar surface area (TPSA) is 81.8 Å². The van der Waals surface area contributed by atoms with Crippen molar-refractivity contribution in [2.24, 2.45) is 7.05 Å². The fraction of sp³-hybridized carbons (Fsp3) is 0.182. The second kappa shape index (κ2) is 6.70. The number of nitrogens with zero attached hydrogens (tertiary/aromatic N) is 4. The average molecular weight is 385 g/mol. The van der Waals surface area contributed by atoms with Crippen molar-refractivity contribution in [3.63, 3.8) is 0 Å². The van der Waals surface area contributed by atoms with Gasteiger partial charge in [0.15, 0.2) is 5.65 Å². The van der Waals surface area contributed by atoms with Gasteiger partial charge in [-0.15, -0.1) is 0 Å². The molecule has 4 aromatic rings. The van der Waals surface area contributed by atoms with Gasteiger partial charge in [-0.2, -0.15) is 5.10 Å². The molecule has 0 spiro atoms. The number of anilines is 1. The predicted molar refractivity (Wildman–Crippen MR) is 111 cm³/mol. The van der Waals surface area contributed by atoms with Gasteiger partial charge in [0.1, 0.15) is 5.39 Å². The van der Waals surface area contributed by atoms with Gasteiger partial charge in [-0.25, -0.2) is 4.98 Å². The van der Waals surface area contributed by atoms with Crippen molar-refractivity contribution in [3.8, 4) is 11.1 Å². The Morgan fingerprint density at radius 1 is 1.14 bits per heavy atom. The minimum absolute atomic E-state index is 0.140. The second-order valence-corrected chi connectivity index (χ2v) is 7.25. The molecule has 2 aromatic carbocycles. The highest BCUT2D eigenvalue weighted by Crippen LogP contribution is 2.37. The molecule has 0 saturated heterocycles. The van der Waals surface area contributed by atoms with E-state index in [1.165, 1.54) is 39.3 Å². The van der Waals surface area contributed by atoms with E-state index in [-0.39, 0.29) is 24.4 Å². The van der Waals surface area contributed by atoms with E-state index in [1.807, 2.05) is 24.3 Å². The summed E-state index contributed by atoms with van der Waals surface area (Å²) in [5.74, 6) is -0.140. The molecule has 0 aliphatic heterocycles. The molecule has 0 unspecified atom stereocenters. The van der Waals surface area contributed by atoms with Crippen LogP contribution in [0.25, 0.3) is 22.2 Å². The van der Waals surface area contributed by atoms with Crippen molar-refractivity contribution in [1.29, 1.82) is 0 Å². The minimum Gasteiger partial charge on any atom is -0.326 e. The standard InChI is InChI=1S/C22H19N5O2/c1-26-21-19(12-24-26)22(29)27(13-23-21)9-8-20(28)25-16-6-7-18-15(11-16)10-14-4-2-3-5-17(14)18/h2-7,11-13H,8-10H2,1H3,(H,25,28). The number of carbonyl (C=O) groups excluding carboxylic acids is 1. The number of amides is 1. The van der Waals surface area contributed by atoms with Gasteiger partial charge >= 0.3 is 0 Å². The average Bonchev–Trinajstić information content (AvgIpc) is 3.28. The Balaban J connectivity index is 1.28. The summed E-state index contributed by atoms with van der Waals surface area (Å²) < 4.78 is 3.00. The number of benzene rings is 2. The van der Waals surface area contributed by atoms with Crippen molar-refractivity contribution in [2.45, 2.75) is 19.4 Å². The van der Waals surface area contributed by atoms with Crippen LogP contribution in [0.1, 0.15) is 17.5 Å². The van der Waals surface area contributed by atoms with Gasteiger partial charge in [0, 0.05) is 25.7 Å². The molecule has 0 fully saturated rings. The summed E-state index contributed by atoms with van der Waals surface area (Å²) in [6, 6.07) is 14.4. The lowest BCUT2D eigenvalue weighted by atomic mass is 10.1. The first-order chi connectivity index (χ1) is 14.1. The second-order valence-electron chi connectivity index (χ2n) is 7.25. The van der Waals surface area contributed by atoms with Crippen LogP contribution in [-0.2, 0) is 24.8 Å².